The van der Waals surface area contributed by atoms with Crippen molar-refractivity contribution in [1.82, 2.24) is 9.55 Å². The SMILES string of the molecule is Cn1ccnc1CNc1ccc(Br)cc1. The molecule has 0 amide bonds. The van der Waals surface area contributed by atoms with E-state index in [0.717, 1.165) is 22.5 Å². The molecule has 1 N–H and O–H groups in total. The Kier molecular flexibility index (Phi) is 3.06. The van der Waals surface area contributed by atoms with Gasteiger partial charge in [0.1, 0.15) is 5.82 Å². The summed E-state index contributed by atoms with van der Waals surface area (Å²) in [6, 6.07) is 8.10. The molecule has 2 aromatic rings. The number of rotatable bonds is 3. The number of imidazole rings is 1. The number of benzene rings is 1. The highest BCUT2D eigenvalue weighted by molar-refractivity contribution is 9.10. The van der Waals surface area contributed by atoms with Gasteiger partial charge in [-0.05, 0) is 24.3 Å². The van der Waals surface area contributed by atoms with Crippen LogP contribution in [0.2, 0.25) is 0 Å². The third-order valence-electron chi connectivity index (χ3n) is 2.22. The molecule has 0 aliphatic carbocycles. The van der Waals surface area contributed by atoms with Crippen molar-refractivity contribution in [2.24, 2.45) is 7.05 Å². The monoisotopic (exact) mass is 265 g/mol. The first-order valence-electron chi connectivity index (χ1n) is 4.71. The minimum Gasteiger partial charge on any atom is -0.378 e. The highest BCUT2D eigenvalue weighted by atomic mass is 79.9. The van der Waals surface area contributed by atoms with Gasteiger partial charge in [-0.1, -0.05) is 15.9 Å². The molecule has 0 aliphatic heterocycles. The lowest BCUT2D eigenvalue weighted by Crippen LogP contribution is -2.05. The fourth-order valence-electron chi connectivity index (χ4n) is 1.32. The Morgan fingerprint density at radius 2 is 2.07 bits per heavy atom. The van der Waals surface area contributed by atoms with Gasteiger partial charge in [0.05, 0.1) is 6.54 Å². The minimum absolute atomic E-state index is 0.741. The van der Waals surface area contributed by atoms with Gasteiger partial charge in [-0.25, -0.2) is 4.98 Å². The number of halogens is 1. The summed E-state index contributed by atoms with van der Waals surface area (Å²) >= 11 is 3.40. The molecule has 78 valence electrons. The summed E-state index contributed by atoms with van der Waals surface area (Å²) in [6.45, 7) is 0.741. The number of aromatic nitrogens is 2. The van der Waals surface area contributed by atoms with E-state index in [1.165, 1.54) is 0 Å². The molecule has 3 nitrogen and oxygen atoms in total. The lowest BCUT2D eigenvalue weighted by molar-refractivity contribution is 0.813. The molecule has 1 heterocycles. The first-order valence-corrected chi connectivity index (χ1v) is 5.50. The van der Waals surface area contributed by atoms with Crippen LogP contribution in [0.1, 0.15) is 5.82 Å². The van der Waals surface area contributed by atoms with Gasteiger partial charge in [0, 0.05) is 29.6 Å². The van der Waals surface area contributed by atoms with Crippen LogP contribution >= 0.6 is 15.9 Å². The van der Waals surface area contributed by atoms with E-state index in [9.17, 15) is 0 Å². The smallest absolute Gasteiger partial charge is 0.127 e. The van der Waals surface area contributed by atoms with E-state index in [0.29, 0.717) is 0 Å². The second kappa shape index (κ2) is 4.49. The van der Waals surface area contributed by atoms with Crippen LogP contribution in [0, 0.1) is 0 Å². The second-order valence-corrected chi connectivity index (χ2v) is 4.23. The number of nitrogens with zero attached hydrogens (tertiary/aromatic N) is 2. The number of aryl methyl sites for hydroxylation is 1. The third kappa shape index (κ3) is 2.59. The molecule has 0 spiro atoms. The molecule has 0 saturated heterocycles. The van der Waals surface area contributed by atoms with E-state index in [1.54, 1.807) is 6.20 Å². The summed E-state index contributed by atoms with van der Waals surface area (Å²) < 4.78 is 3.09. The summed E-state index contributed by atoms with van der Waals surface area (Å²) in [4.78, 5) is 4.24. The molecule has 4 heteroatoms. The zero-order valence-corrected chi connectivity index (χ0v) is 10.0. The first-order chi connectivity index (χ1) is 7.25. The van der Waals surface area contributed by atoms with Crippen LogP contribution < -0.4 is 5.32 Å². The molecule has 0 radical (unpaired) electrons. The average Bonchev–Trinajstić information content (AvgIpc) is 2.63. The topological polar surface area (TPSA) is 29.9 Å². The summed E-state index contributed by atoms with van der Waals surface area (Å²) in [5, 5.41) is 3.31. The summed E-state index contributed by atoms with van der Waals surface area (Å²) in [5.74, 6) is 1.03. The fraction of sp³-hybridized carbons (Fsp3) is 0.182. The quantitative estimate of drug-likeness (QED) is 0.925. The molecule has 1 aromatic heterocycles. The van der Waals surface area contributed by atoms with Crippen molar-refractivity contribution < 1.29 is 0 Å². The molecule has 0 saturated carbocycles. The summed E-state index contributed by atoms with van der Waals surface area (Å²) in [6.07, 6.45) is 3.75. The molecule has 0 aliphatic rings. The molecule has 0 fully saturated rings. The third-order valence-corrected chi connectivity index (χ3v) is 2.74. The van der Waals surface area contributed by atoms with E-state index >= 15 is 0 Å². The van der Waals surface area contributed by atoms with Crippen molar-refractivity contribution in [3.63, 3.8) is 0 Å². The number of nitrogens with one attached hydrogen (secondary N) is 1. The molecule has 0 atom stereocenters. The molecule has 0 bridgehead atoms. The Bertz CT molecular complexity index is 433. The Hall–Kier alpha value is -1.29. The molecule has 0 unspecified atom stereocenters. The Morgan fingerprint density at radius 1 is 1.33 bits per heavy atom. The van der Waals surface area contributed by atoms with Crippen molar-refractivity contribution >= 4 is 21.6 Å². The number of hydrogen-bond acceptors (Lipinski definition) is 2. The average molecular weight is 266 g/mol. The van der Waals surface area contributed by atoms with E-state index in [2.05, 4.69) is 26.2 Å². The summed E-state index contributed by atoms with van der Waals surface area (Å²) in [5.41, 5.74) is 1.10. The Labute approximate surface area is 97.3 Å². The molecular formula is C11H12BrN3. The van der Waals surface area contributed by atoms with Crippen molar-refractivity contribution in [3.8, 4) is 0 Å². The maximum Gasteiger partial charge on any atom is 0.127 e. The maximum absolute atomic E-state index is 4.24. The van der Waals surface area contributed by atoms with Crippen molar-refractivity contribution in [3.05, 3.63) is 47.0 Å². The highest BCUT2D eigenvalue weighted by Crippen LogP contribution is 2.14. The van der Waals surface area contributed by atoms with Gasteiger partial charge in [-0.3, -0.25) is 0 Å². The Morgan fingerprint density at radius 3 is 2.67 bits per heavy atom. The lowest BCUT2D eigenvalue weighted by atomic mass is 10.3. The van der Waals surface area contributed by atoms with E-state index < -0.39 is 0 Å². The standard InChI is InChI=1S/C11H12BrN3/c1-15-7-6-13-11(15)8-14-10-4-2-9(12)3-5-10/h2-7,14H,8H2,1H3. The van der Waals surface area contributed by atoms with E-state index in [-0.39, 0.29) is 0 Å². The van der Waals surface area contributed by atoms with E-state index in [1.807, 2.05) is 42.1 Å². The Balaban J connectivity index is 1.99. The van der Waals surface area contributed by atoms with Crippen LogP contribution in [0.25, 0.3) is 0 Å². The largest absolute Gasteiger partial charge is 0.378 e. The van der Waals surface area contributed by atoms with Crippen molar-refractivity contribution in [2.45, 2.75) is 6.54 Å². The molecule has 2 rings (SSSR count). The number of anilines is 1. The van der Waals surface area contributed by atoms with Gasteiger partial charge in [0.25, 0.3) is 0 Å². The van der Waals surface area contributed by atoms with Gasteiger partial charge >= 0.3 is 0 Å². The predicted molar refractivity (Wildman–Crippen MR) is 64.7 cm³/mol. The highest BCUT2D eigenvalue weighted by Gasteiger charge is 1.98. The fourth-order valence-corrected chi connectivity index (χ4v) is 1.58. The van der Waals surface area contributed by atoms with Crippen LogP contribution in [-0.2, 0) is 13.6 Å². The lowest BCUT2D eigenvalue weighted by Gasteiger charge is -2.06. The van der Waals surface area contributed by atoms with Gasteiger partial charge in [-0.2, -0.15) is 0 Å². The van der Waals surface area contributed by atoms with Crippen LogP contribution in [0.15, 0.2) is 41.1 Å². The molecule has 1 aromatic carbocycles. The van der Waals surface area contributed by atoms with Gasteiger partial charge < -0.3 is 9.88 Å². The van der Waals surface area contributed by atoms with Gasteiger partial charge in [0.15, 0.2) is 0 Å². The summed E-state index contributed by atoms with van der Waals surface area (Å²) in [7, 11) is 1.99. The van der Waals surface area contributed by atoms with Crippen molar-refractivity contribution in [2.75, 3.05) is 5.32 Å². The predicted octanol–water partition coefficient (Wildman–Crippen LogP) is 2.79. The van der Waals surface area contributed by atoms with E-state index in [4.69, 9.17) is 0 Å². The normalized spacial score (nSPS) is 10.3. The molecular weight excluding hydrogens is 254 g/mol. The second-order valence-electron chi connectivity index (χ2n) is 3.31. The van der Waals surface area contributed by atoms with Crippen LogP contribution in [0.3, 0.4) is 0 Å². The van der Waals surface area contributed by atoms with Crippen LogP contribution in [-0.4, -0.2) is 9.55 Å². The van der Waals surface area contributed by atoms with Crippen molar-refractivity contribution in [1.29, 1.82) is 0 Å². The molecule has 15 heavy (non-hydrogen) atoms. The zero-order chi connectivity index (χ0) is 10.7. The van der Waals surface area contributed by atoms with Gasteiger partial charge in [0.2, 0.25) is 0 Å². The van der Waals surface area contributed by atoms with Crippen LogP contribution in [0.4, 0.5) is 5.69 Å². The minimum atomic E-state index is 0.741. The van der Waals surface area contributed by atoms with Gasteiger partial charge in [-0.15, -0.1) is 0 Å². The van der Waals surface area contributed by atoms with Crippen LogP contribution in [0.5, 0.6) is 0 Å². The first kappa shape index (κ1) is 10.2. The maximum atomic E-state index is 4.24. The number of hydrogen-bond donors (Lipinski definition) is 1. The zero-order valence-electron chi connectivity index (χ0n) is 8.44.